The van der Waals surface area contributed by atoms with Crippen molar-refractivity contribution in [3.05, 3.63) is 17.0 Å². The van der Waals surface area contributed by atoms with Crippen LogP contribution >= 0.6 is 11.3 Å². The van der Waals surface area contributed by atoms with E-state index in [0.717, 1.165) is 16.2 Å². The fourth-order valence-corrected chi connectivity index (χ4v) is 5.02. The second-order valence-electron chi connectivity index (χ2n) is 4.53. The molecule has 1 aromatic heterocycles. The quantitative estimate of drug-likeness (QED) is 0.772. The SMILES string of the molecule is CCNC(=O)C1COCCN1S(=O)(=O)c1ccc(CN)s1. The van der Waals surface area contributed by atoms with Gasteiger partial charge in [-0.2, -0.15) is 4.31 Å². The number of amides is 1. The summed E-state index contributed by atoms with van der Waals surface area (Å²) in [4.78, 5) is 12.8. The van der Waals surface area contributed by atoms with Crippen molar-refractivity contribution in [2.75, 3.05) is 26.3 Å². The van der Waals surface area contributed by atoms with Crippen molar-refractivity contribution in [2.24, 2.45) is 5.73 Å². The van der Waals surface area contributed by atoms with Crippen LogP contribution in [-0.2, 0) is 26.1 Å². The molecule has 0 aliphatic carbocycles. The van der Waals surface area contributed by atoms with Crippen molar-refractivity contribution in [3.63, 3.8) is 0 Å². The summed E-state index contributed by atoms with van der Waals surface area (Å²) in [5, 5.41) is 2.64. The number of carbonyl (C=O) groups excluding carboxylic acids is 1. The molecule has 3 N–H and O–H groups in total. The summed E-state index contributed by atoms with van der Waals surface area (Å²) < 4.78 is 32.1. The van der Waals surface area contributed by atoms with Crippen LogP contribution in [0.2, 0.25) is 0 Å². The summed E-state index contributed by atoms with van der Waals surface area (Å²) in [6, 6.07) is 2.40. The molecular formula is C12H19N3O4S2. The van der Waals surface area contributed by atoms with Gasteiger partial charge in [-0.25, -0.2) is 8.42 Å². The Morgan fingerprint density at radius 3 is 2.95 bits per heavy atom. The molecule has 0 spiro atoms. The molecule has 1 aliphatic heterocycles. The molecule has 1 aromatic rings. The molecule has 1 fully saturated rings. The Morgan fingerprint density at radius 1 is 1.57 bits per heavy atom. The predicted octanol–water partition coefficient (Wildman–Crippen LogP) is -0.268. The van der Waals surface area contributed by atoms with E-state index in [0.29, 0.717) is 13.1 Å². The molecule has 1 aliphatic rings. The normalized spacial score (nSPS) is 20.4. The zero-order valence-corrected chi connectivity index (χ0v) is 13.4. The molecule has 7 nitrogen and oxygen atoms in total. The van der Waals surface area contributed by atoms with Gasteiger partial charge in [0.25, 0.3) is 10.0 Å². The van der Waals surface area contributed by atoms with Gasteiger partial charge in [0, 0.05) is 24.5 Å². The molecule has 1 saturated heterocycles. The second-order valence-corrected chi connectivity index (χ2v) is 7.81. The van der Waals surface area contributed by atoms with E-state index in [1.165, 1.54) is 10.4 Å². The number of morpholine rings is 1. The zero-order chi connectivity index (χ0) is 15.5. The van der Waals surface area contributed by atoms with Crippen LogP contribution in [-0.4, -0.2) is 51.0 Å². The topological polar surface area (TPSA) is 102 Å². The molecule has 9 heteroatoms. The molecule has 0 radical (unpaired) electrons. The minimum absolute atomic E-state index is 0.0696. The average molecular weight is 333 g/mol. The van der Waals surface area contributed by atoms with Gasteiger partial charge in [-0.15, -0.1) is 11.3 Å². The maximum atomic E-state index is 12.7. The largest absolute Gasteiger partial charge is 0.378 e. The molecule has 118 valence electrons. The molecule has 0 bridgehead atoms. The first-order valence-corrected chi connectivity index (χ1v) is 8.92. The van der Waals surface area contributed by atoms with Crippen molar-refractivity contribution >= 4 is 27.3 Å². The summed E-state index contributed by atoms with van der Waals surface area (Å²) in [7, 11) is -3.71. The fraction of sp³-hybridized carbons (Fsp3) is 0.583. The van der Waals surface area contributed by atoms with Crippen LogP contribution < -0.4 is 11.1 Å². The Balaban J connectivity index is 2.29. The molecule has 0 saturated carbocycles. The first-order chi connectivity index (χ1) is 10.0. The van der Waals surface area contributed by atoms with Crippen molar-refractivity contribution in [2.45, 2.75) is 23.7 Å². The minimum Gasteiger partial charge on any atom is -0.378 e. The molecular weight excluding hydrogens is 314 g/mol. The van der Waals surface area contributed by atoms with Gasteiger partial charge >= 0.3 is 0 Å². The highest BCUT2D eigenvalue weighted by molar-refractivity contribution is 7.91. The highest BCUT2D eigenvalue weighted by atomic mass is 32.2. The number of nitrogens with zero attached hydrogens (tertiary/aromatic N) is 1. The van der Waals surface area contributed by atoms with E-state index in [1.54, 1.807) is 13.0 Å². The first-order valence-electron chi connectivity index (χ1n) is 6.66. The molecule has 0 aromatic carbocycles. The number of sulfonamides is 1. The standard InChI is InChI=1S/C12H19N3O4S2/c1-2-14-12(16)10-8-19-6-5-15(10)21(17,18)11-4-3-9(7-13)20-11/h3-4,10H,2,5-8,13H2,1H3,(H,14,16). The molecule has 2 heterocycles. The highest BCUT2D eigenvalue weighted by Gasteiger charge is 2.38. The molecule has 2 rings (SSSR count). The zero-order valence-electron chi connectivity index (χ0n) is 11.7. The number of hydrogen-bond acceptors (Lipinski definition) is 6. The maximum Gasteiger partial charge on any atom is 0.253 e. The lowest BCUT2D eigenvalue weighted by atomic mass is 10.2. The van der Waals surface area contributed by atoms with Gasteiger partial charge in [0.1, 0.15) is 10.3 Å². The van der Waals surface area contributed by atoms with E-state index < -0.39 is 16.1 Å². The summed E-state index contributed by atoms with van der Waals surface area (Å²) >= 11 is 1.13. The third kappa shape index (κ3) is 3.43. The second kappa shape index (κ2) is 6.84. The van der Waals surface area contributed by atoms with Gasteiger partial charge in [-0.1, -0.05) is 0 Å². The van der Waals surface area contributed by atoms with Crippen molar-refractivity contribution in [1.82, 2.24) is 9.62 Å². The van der Waals surface area contributed by atoms with Crippen molar-refractivity contribution in [1.29, 1.82) is 0 Å². The molecule has 1 unspecified atom stereocenters. The first kappa shape index (κ1) is 16.4. The van der Waals surface area contributed by atoms with Gasteiger partial charge in [-0.3, -0.25) is 4.79 Å². The number of ether oxygens (including phenoxy) is 1. The number of nitrogens with two attached hydrogens (primary N) is 1. The van der Waals surface area contributed by atoms with Gasteiger partial charge < -0.3 is 15.8 Å². The summed E-state index contributed by atoms with van der Waals surface area (Å²) in [5.41, 5.74) is 5.52. The Morgan fingerprint density at radius 2 is 2.33 bits per heavy atom. The maximum absolute atomic E-state index is 12.7. The monoisotopic (exact) mass is 333 g/mol. The fourth-order valence-electron chi connectivity index (χ4n) is 2.10. The van der Waals surface area contributed by atoms with Crippen LogP contribution in [0.5, 0.6) is 0 Å². The number of carbonyl (C=O) groups is 1. The van der Waals surface area contributed by atoms with Crippen LogP contribution in [0.15, 0.2) is 16.3 Å². The highest BCUT2D eigenvalue weighted by Crippen LogP contribution is 2.27. The molecule has 1 amide bonds. The van der Waals surface area contributed by atoms with E-state index in [-0.39, 0.29) is 29.9 Å². The van der Waals surface area contributed by atoms with Crippen LogP contribution in [0.25, 0.3) is 0 Å². The third-order valence-corrected chi connectivity index (χ3v) is 6.62. The summed E-state index contributed by atoms with van der Waals surface area (Å²) in [6.45, 7) is 3.04. The molecule has 1 atom stereocenters. The summed E-state index contributed by atoms with van der Waals surface area (Å²) in [5.74, 6) is -0.337. The lowest BCUT2D eigenvalue weighted by molar-refractivity contribution is -0.129. The van der Waals surface area contributed by atoms with E-state index in [4.69, 9.17) is 10.5 Å². The van der Waals surface area contributed by atoms with Gasteiger partial charge in [0.05, 0.1) is 13.2 Å². The smallest absolute Gasteiger partial charge is 0.253 e. The molecule has 21 heavy (non-hydrogen) atoms. The van der Waals surface area contributed by atoms with Crippen LogP contribution in [0, 0.1) is 0 Å². The Hall–Kier alpha value is -1.00. The van der Waals surface area contributed by atoms with Crippen LogP contribution in [0.3, 0.4) is 0 Å². The van der Waals surface area contributed by atoms with E-state index in [1.807, 2.05) is 0 Å². The van der Waals surface area contributed by atoms with Crippen molar-refractivity contribution in [3.8, 4) is 0 Å². The lowest BCUT2D eigenvalue weighted by Crippen LogP contribution is -2.55. The van der Waals surface area contributed by atoms with E-state index in [9.17, 15) is 13.2 Å². The average Bonchev–Trinajstić information content (AvgIpc) is 2.97. The number of thiophene rings is 1. The lowest BCUT2D eigenvalue weighted by Gasteiger charge is -2.33. The van der Waals surface area contributed by atoms with E-state index >= 15 is 0 Å². The number of likely N-dealkylation sites (N-methyl/N-ethyl adjacent to an activating group) is 1. The Labute approximate surface area is 128 Å². The Kier molecular flexibility index (Phi) is 5.33. The minimum atomic E-state index is -3.71. The van der Waals surface area contributed by atoms with Gasteiger partial charge in [0.2, 0.25) is 5.91 Å². The predicted molar refractivity (Wildman–Crippen MR) is 79.4 cm³/mol. The van der Waals surface area contributed by atoms with E-state index in [2.05, 4.69) is 5.32 Å². The number of rotatable bonds is 5. The van der Waals surface area contributed by atoms with Gasteiger partial charge in [0.15, 0.2) is 0 Å². The number of nitrogens with one attached hydrogen (secondary N) is 1. The van der Waals surface area contributed by atoms with Crippen molar-refractivity contribution < 1.29 is 17.9 Å². The summed E-state index contributed by atoms with van der Waals surface area (Å²) in [6.07, 6.45) is 0. The van der Waals surface area contributed by atoms with Gasteiger partial charge in [-0.05, 0) is 19.1 Å². The number of hydrogen-bond donors (Lipinski definition) is 2. The third-order valence-electron chi connectivity index (χ3n) is 3.13. The van der Waals surface area contributed by atoms with Crippen LogP contribution in [0.1, 0.15) is 11.8 Å². The van der Waals surface area contributed by atoms with Crippen LogP contribution in [0.4, 0.5) is 0 Å². The Bertz CT molecular complexity index is 599.